The molecule has 1 aliphatic heterocycles. The fourth-order valence-corrected chi connectivity index (χ4v) is 1.90. The fraction of sp³-hybridized carbons (Fsp3) is 0.900. The van der Waals surface area contributed by atoms with Crippen molar-refractivity contribution in [3.05, 3.63) is 0 Å². The molecule has 1 unspecified atom stereocenters. The third-order valence-electron chi connectivity index (χ3n) is 2.69. The van der Waals surface area contributed by atoms with Gasteiger partial charge in [-0.05, 0) is 26.3 Å². The van der Waals surface area contributed by atoms with Crippen LogP contribution in [0.5, 0.6) is 0 Å². The summed E-state index contributed by atoms with van der Waals surface area (Å²) in [5, 5.41) is 12.4. The zero-order chi connectivity index (χ0) is 10.6. The molecule has 1 saturated heterocycles. The van der Waals surface area contributed by atoms with Crippen molar-refractivity contribution in [3.8, 4) is 0 Å². The predicted molar refractivity (Wildman–Crippen MR) is 55.0 cm³/mol. The second kappa shape index (κ2) is 4.75. The number of β-amino-alcohol motifs (C(OH)–C–C–N with tert-alkyl or cyclic N) is 1. The summed E-state index contributed by atoms with van der Waals surface area (Å²) in [7, 11) is 1.65. The largest absolute Gasteiger partial charge is 0.389 e. The number of nitrogens with zero attached hydrogens (tertiary/aromatic N) is 1. The molecule has 1 rings (SSSR count). The third-order valence-corrected chi connectivity index (χ3v) is 2.69. The van der Waals surface area contributed by atoms with Gasteiger partial charge in [0, 0.05) is 26.6 Å². The summed E-state index contributed by atoms with van der Waals surface area (Å²) in [6, 6.07) is 0. The Hall–Kier alpha value is -0.610. The monoisotopic (exact) mass is 200 g/mol. The summed E-state index contributed by atoms with van der Waals surface area (Å²) in [6.07, 6.45) is 2.40. The van der Waals surface area contributed by atoms with Crippen molar-refractivity contribution in [1.29, 1.82) is 0 Å². The Labute approximate surface area is 85.3 Å². The van der Waals surface area contributed by atoms with Crippen LogP contribution in [-0.4, -0.2) is 48.2 Å². The minimum atomic E-state index is -0.569. The van der Waals surface area contributed by atoms with Crippen molar-refractivity contribution in [1.82, 2.24) is 10.2 Å². The second-order valence-electron chi connectivity index (χ2n) is 4.30. The third kappa shape index (κ3) is 3.64. The molecule has 14 heavy (non-hydrogen) atoms. The summed E-state index contributed by atoms with van der Waals surface area (Å²) >= 11 is 0. The number of piperidine rings is 1. The highest BCUT2D eigenvalue weighted by Crippen LogP contribution is 2.19. The topological polar surface area (TPSA) is 52.6 Å². The Morgan fingerprint density at radius 3 is 2.93 bits per heavy atom. The van der Waals surface area contributed by atoms with Crippen molar-refractivity contribution in [2.24, 2.45) is 0 Å². The number of likely N-dealkylation sites (tertiary alicyclic amines) is 1. The Kier molecular flexibility index (Phi) is 3.89. The molecule has 1 atom stereocenters. The number of nitrogens with one attached hydrogen (secondary N) is 1. The number of aliphatic hydroxyl groups is 1. The van der Waals surface area contributed by atoms with E-state index in [0.29, 0.717) is 13.0 Å². The average Bonchev–Trinajstić information content (AvgIpc) is 2.12. The molecule has 1 aliphatic rings. The minimum absolute atomic E-state index is 0.0650. The van der Waals surface area contributed by atoms with Crippen LogP contribution in [0.3, 0.4) is 0 Å². The predicted octanol–water partition coefficient (Wildman–Crippen LogP) is -0.0307. The standard InChI is InChI=1S/C10H20N2O2/c1-10(14)5-3-6-12(8-10)7-4-9(13)11-2/h14H,3-8H2,1-2H3,(H,11,13). The Morgan fingerprint density at radius 2 is 2.36 bits per heavy atom. The van der Waals surface area contributed by atoms with E-state index in [1.165, 1.54) is 0 Å². The molecular weight excluding hydrogens is 180 g/mol. The number of amides is 1. The lowest BCUT2D eigenvalue weighted by Crippen LogP contribution is -2.46. The summed E-state index contributed by atoms with van der Waals surface area (Å²) in [4.78, 5) is 13.2. The molecular formula is C10H20N2O2. The molecule has 0 bridgehead atoms. The van der Waals surface area contributed by atoms with E-state index in [4.69, 9.17) is 0 Å². The Morgan fingerprint density at radius 1 is 1.64 bits per heavy atom. The number of carbonyl (C=O) groups is 1. The van der Waals surface area contributed by atoms with Crippen LogP contribution in [0, 0.1) is 0 Å². The normalized spacial score (nSPS) is 28.8. The zero-order valence-corrected chi connectivity index (χ0v) is 9.05. The van der Waals surface area contributed by atoms with E-state index < -0.39 is 5.60 Å². The fourth-order valence-electron chi connectivity index (χ4n) is 1.90. The van der Waals surface area contributed by atoms with Crippen LogP contribution in [0.15, 0.2) is 0 Å². The highest BCUT2D eigenvalue weighted by Gasteiger charge is 2.27. The highest BCUT2D eigenvalue weighted by molar-refractivity contribution is 5.75. The van der Waals surface area contributed by atoms with E-state index in [0.717, 1.165) is 25.9 Å². The van der Waals surface area contributed by atoms with Gasteiger partial charge in [-0.25, -0.2) is 0 Å². The maximum atomic E-state index is 11.0. The molecule has 0 aliphatic carbocycles. The molecule has 1 fully saturated rings. The van der Waals surface area contributed by atoms with Crippen LogP contribution in [-0.2, 0) is 4.79 Å². The summed E-state index contributed by atoms with van der Waals surface area (Å²) < 4.78 is 0. The summed E-state index contributed by atoms with van der Waals surface area (Å²) in [6.45, 7) is 4.28. The smallest absolute Gasteiger partial charge is 0.221 e. The van der Waals surface area contributed by atoms with E-state index >= 15 is 0 Å². The van der Waals surface area contributed by atoms with E-state index in [-0.39, 0.29) is 5.91 Å². The van der Waals surface area contributed by atoms with Gasteiger partial charge in [0.05, 0.1) is 5.60 Å². The first-order chi connectivity index (χ1) is 6.53. The maximum absolute atomic E-state index is 11.0. The Bertz CT molecular complexity index is 204. The first-order valence-electron chi connectivity index (χ1n) is 5.19. The van der Waals surface area contributed by atoms with E-state index in [2.05, 4.69) is 10.2 Å². The van der Waals surface area contributed by atoms with Gasteiger partial charge >= 0.3 is 0 Å². The minimum Gasteiger partial charge on any atom is -0.389 e. The van der Waals surface area contributed by atoms with Crippen LogP contribution in [0.4, 0.5) is 0 Å². The number of hydrogen-bond donors (Lipinski definition) is 2. The molecule has 1 heterocycles. The second-order valence-corrected chi connectivity index (χ2v) is 4.30. The van der Waals surface area contributed by atoms with E-state index in [9.17, 15) is 9.90 Å². The van der Waals surface area contributed by atoms with Gasteiger partial charge in [-0.1, -0.05) is 0 Å². The molecule has 2 N–H and O–H groups in total. The Balaban J connectivity index is 2.28. The molecule has 0 spiro atoms. The van der Waals surface area contributed by atoms with Gasteiger partial charge in [0.1, 0.15) is 0 Å². The van der Waals surface area contributed by atoms with Gasteiger partial charge < -0.3 is 10.4 Å². The van der Waals surface area contributed by atoms with E-state index in [1.807, 2.05) is 6.92 Å². The number of rotatable bonds is 3. The molecule has 1 amide bonds. The van der Waals surface area contributed by atoms with Gasteiger partial charge in [0.2, 0.25) is 5.91 Å². The van der Waals surface area contributed by atoms with Crippen molar-refractivity contribution in [2.75, 3.05) is 26.7 Å². The van der Waals surface area contributed by atoms with Gasteiger partial charge in [-0.2, -0.15) is 0 Å². The number of carbonyl (C=O) groups excluding carboxylic acids is 1. The van der Waals surface area contributed by atoms with Crippen LogP contribution in [0.2, 0.25) is 0 Å². The molecule has 0 aromatic carbocycles. The average molecular weight is 200 g/mol. The molecule has 0 radical (unpaired) electrons. The molecule has 0 aromatic heterocycles. The van der Waals surface area contributed by atoms with Crippen LogP contribution in [0.25, 0.3) is 0 Å². The van der Waals surface area contributed by atoms with Crippen LogP contribution >= 0.6 is 0 Å². The van der Waals surface area contributed by atoms with Gasteiger partial charge in [0.15, 0.2) is 0 Å². The lowest BCUT2D eigenvalue weighted by atomic mass is 9.95. The zero-order valence-electron chi connectivity index (χ0n) is 9.05. The lowest BCUT2D eigenvalue weighted by molar-refractivity contribution is -0.121. The SMILES string of the molecule is CNC(=O)CCN1CCCC(C)(O)C1. The molecule has 0 aromatic rings. The maximum Gasteiger partial charge on any atom is 0.221 e. The van der Waals surface area contributed by atoms with Crippen molar-refractivity contribution in [3.63, 3.8) is 0 Å². The molecule has 0 saturated carbocycles. The van der Waals surface area contributed by atoms with E-state index in [1.54, 1.807) is 7.05 Å². The molecule has 4 heteroatoms. The van der Waals surface area contributed by atoms with Crippen molar-refractivity contribution >= 4 is 5.91 Å². The van der Waals surface area contributed by atoms with Gasteiger partial charge in [-0.15, -0.1) is 0 Å². The van der Waals surface area contributed by atoms with Crippen LogP contribution < -0.4 is 5.32 Å². The number of hydrogen-bond acceptors (Lipinski definition) is 3. The first kappa shape index (κ1) is 11.5. The first-order valence-corrected chi connectivity index (χ1v) is 5.19. The lowest BCUT2D eigenvalue weighted by Gasteiger charge is -2.36. The van der Waals surface area contributed by atoms with Crippen molar-refractivity contribution in [2.45, 2.75) is 31.8 Å². The highest BCUT2D eigenvalue weighted by atomic mass is 16.3. The van der Waals surface area contributed by atoms with Crippen LogP contribution in [0.1, 0.15) is 26.2 Å². The summed E-state index contributed by atoms with van der Waals surface area (Å²) in [5.74, 6) is 0.0650. The molecule has 4 nitrogen and oxygen atoms in total. The van der Waals surface area contributed by atoms with Gasteiger partial charge in [0.25, 0.3) is 0 Å². The molecule has 82 valence electrons. The quantitative estimate of drug-likeness (QED) is 0.672. The van der Waals surface area contributed by atoms with Crippen molar-refractivity contribution < 1.29 is 9.90 Å². The summed E-state index contributed by atoms with van der Waals surface area (Å²) in [5.41, 5.74) is -0.569. The van der Waals surface area contributed by atoms with Gasteiger partial charge in [-0.3, -0.25) is 9.69 Å².